The van der Waals surface area contributed by atoms with Gasteiger partial charge in [-0.25, -0.2) is 15.0 Å². The molecule has 0 saturated carbocycles. The molecule has 30 heavy (non-hydrogen) atoms. The number of nitrogens with zero attached hydrogens (tertiary/aromatic N) is 5. The van der Waals surface area contributed by atoms with Crippen LogP contribution in [0.15, 0.2) is 59.7 Å². The standard InChI is InChI=1S/C22H18ClN5O2/c1-30-11-10-28-20-18(19-21(28)26-17-9-5-4-8-16(17)25-19)22(29)27(13-24-20)12-14-6-2-3-7-15(14)23/h2-9,13H,10-12H2,1H3. The van der Waals surface area contributed by atoms with E-state index in [1.54, 1.807) is 18.0 Å². The Morgan fingerprint density at radius 3 is 2.50 bits per heavy atom. The molecule has 0 saturated heterocycles. The molecule has 0 fully saturated rings. The predicted octanol–water partition coefficient (Wildman–Crippen LogP) is 3.64. The van der Waals surface area contributed by atoms with Crippen LogP contribution in [-0.4, -0.2) is 37.8 Å². The SMILES string of the molecule is COCCn1c2nc3ccccc3nc2c2c(=O)n(Cc3ccccc3Cl)cnc21. The van der Waals surface area contributed by atoms with E-state index in [0.717, 1.165) is 16.6 Å². The highest BCUT2D eigenvalue weighted by Gasteiger charge is 2.19. The number of aromatic nitrogens is 5. The van der Waals surface area contributed by atoms with Gasteiger partial charge < -0.3 is 9.30 Å². The van der Waals surface area contributed by atoms with E-state index in [1.807, 2.05) is 53.1 Å². The lowest BCUT2D eigenvalue weighted by Gasteiger charge is -2.08. The summed E-state index contributed by atoms with van der Waals surface area (Å²) in [6.45, 7) is 1.31. The fourth-order valence-electron chi connectivity index (χ4n) is 3.66. The zero-order chi connectivity index (χ0) is 20.7. The molecular formula is C22H18ClN5O2. The maximum Gasteiger partial charge on any atom is 0.265 e. The fraction of sp³-hybridized carbons (Fsp3) is 0.182. The van der Waals surface area contributed by atoms with Crippen LogP contribution in [0.5, 0.6) is 0 Å². The van der Waals surface area contributed by atoms with Crippen molar-refractivity contribution in [1.82, 2.24) is 24.1 Å². The summed E-state index contributed by atoms with van der Waals surface area (Å²) in [5.41, 5.74) is 3.90. The molecule has 5 rings (SSSR count). The smallest absolute Gasteiger partial charge is 0.265 e. The molecule has 2 aromatic carbocycles. The minimum atomic E-state index is -0.175. The number of halogens is 1. The summed E-state index contributed by atoms with van der Waals surface area (Å²) in [7, 11) is 1.64. The lowest BCUT2D eigenvalue weighted by molar-refractivity contribution is 0.189. The van der Waals surface area contributed by atoms with Gasteiger partial charge in [-0.05, 0) is 23.8 Å². The van der Waals surface area contributed by atoms with Gasteiger partial charge in [0.15, 0.2) is 11.3 Å². The molecule has 7 nitrogen and oxygen atoms in total. The van der Waals surface area contributed by atoms with Crippen molar-refractivity contribution in [2.45, 2.75) is 13.1 Å². The van der Waals surface area contributed by atoms with Crippen LogP contribution < -0.4 is 5.56 Å². The molecule has 8 heteroatoms. The van der Waals surface area contributed by atoms with Gasteiger partial charge in [-0.15, -0.1) is 0 Å². The zero-order valence-electron chi connectivity index (χ0n) is 16.2. The van der Waals surface area contributed by atoms with Gasteiger partial charge >= 0.3 is 0 Å². The van der Waals surface area contributed by atoms with Gasteiger partial charge in [0.05, 0.1) is 24.2 Å². The minimum Gasteiger partial charge on any atom is -0.383 e. The summed E-state index contributed by atoms with van der Waals surface area (Å²) < 4.78 is 8.71. The lowest BCUT2D eigenvalue weighted by Crippen LogP contribution is -2.21. The largest absolute Gasteiger partial charge is 0.383 e. The number of hydrogen-bond acceptors (Lipinski definition) is 5. The molecule has 3 heterocycles. The third kappa shape index (κ3) is 3.03. The Morgan fingerprint density at radius 2 is 1.73 bits per heavy atom. The number of fused-ring (bicyclic) bond motifs is 4. The van der Waals surface area contributed by atoms with Crippen molar-refractivity contribution in [2.75, 3.05) is 13.7 Å². The zero-order valence-corrected chi connectivity index (χ0v) is 17.0. The number of benzene rings is 2. The quantitative estimate of drug-likeness (QED) is 0.434. The van der Waals surface area contributed by atoms with E-state index >= 15 is 0 Å². The van der Waals surface area contributed by atoms with Crippen LogP contribution in [0, 0.1) is 0 Å². The van der Waals surface area contributed by atoms with Crippen molar-refractivity contribution in [3.63, 3.8) is 0 Å². The highest BCUT2D eigenvalue weighted by atomic mass is 35.5. The first-order valence-electron chi connectivity index (χ1n) is 9.54. The number of para-hydroxylation sites is 2. The second-order valence-electron chi connectivity index (χ2n) is 7.00. The summed E-state index contributed by atoms with van der Waals surface area (Å²) in [6.07, 6.45) is 1.55. The number of methoxy groups -OCH3 is 1. The third-order valence-corrected chi connectivity index (χ3v) is 5.50. The molecule has 150 valence electrons. The molecule has 0 aliphatic carbocycles. The highest BCUT2D eigenvalue weighted by Crippen LogP contribution is 2.25. The van der Waals surface area contributed by atoms with Crippen molar-refractivity contribution < 1.29 is 4.74 Å². The molecule has 0 N–H and O–H groups in total. The van der Waals surface area contributed by atoms with E-state index in [0.29, 0.717) is 46.9 Å². The molecule has 0 amide bonds. The maximum absolute atomic E-state index is 13.4. The molecular weight excluding hydrogens is 402 g/mol. The van der Waals surface area contributed by atoms with E-state index < -0.39 is 0 Å². The van der Waals surface area contributed by atoms with Crippen LogP contribution in [0.4, 0.5) is 0 Å². The molecule has 0 unspecified atom stereocenters. The van der Waals surface area contributed by atoms with Gasteiger partial charge in [0.2, 0.25) is 0 Å². The first kappa shape index (κ1) is 18.7. The second-order valence-corrected chi connectivity index (χ2v) is 7.40. The Morgan fingerprint density at radius 1 is 1.00 bits per heavy atom. The Labute approximate surface area is 176 Å². The van der Waals surface area contributed by atoms with Gasteiger partial charge in [-0.2, -0.15) is 0 Å². The van der Waals surface area contributed by atoms with Crippen molar-refractivity contribution in [2.24, 2.45) is 0 Å². The van der Waals surface area contributed by atoms with Crippen LogP contribution in [0.1, 0.15) is 5.56 Å². The van der Waals surface area contributed by atoms with E-state index in [2.05, 4.69) is 4.98 Å². The monoisotopic (exact) mass is 419 g/mol. The Bertz CT molecular complexity index is 1460. The number of rotatable bonds is 5. The molecule has 0 spiro atoms. The van der Waals surface area contributed by atoms with Crippen molar-refractivity contribution >= 4 is 44.8 Å². The Hall–Kier alpha value is -3.29. The van der Waals surface area contributed by atoms with E-state index in [9.17, 15) is 4.79 Å². The van der Waals surface area contributed by atoms with Crippen LogP contribution in [0.3, 0.4) is 0 Å². The van der Waals surface area contributed by atoms with Gasteiger partial charge in [0.1, 0.15) is 17.2 Å². The summed E-state index contributed by atoms with van der Waals surface area (Å²) in [6, 6.07) is 15.1. The van der Waals surface area contributed by atoms with Crippen molar-refractivity contribution in [3.8, 4) is 0 Å². The first-order chi connectivity index (χ1) is 14.7. The molecule has 0 radical (unpaired) electrons. The summed E-state index contributed by atoms with van der Waals surface area (Å²) in [5.74, 6) is 0. The van der Waals surface area contributed by atoms with Crippen LogP contribution in [0.25, 0.3) is 33.2 Å². The molecule has 0 atom stereocenters. The van der Waals surface area contributed by atoms with Crippen LogP contribution in [0.2, 0.25) is 5.02 Å². The molecule has 5 aromatic rings. The average Bonchev–Trinajstić information content (AvgIpc) is 3.07. The molecule has 3 aromatic heterocycles. The van der Waals surface area contributed by atoms with Gasteiger partial charge in [-0.3, -0.25) is 9.36 Å². The Kier molecular flexibility index (Phi) is 4.69. The second kappa shape index (κ2) is 7.51. The minimum absolute atomic E-state index is 0.175. The third-order valence-electron chi connectivity index (χ3n) is 5.14. The summed E-state index contributed by atoms with van der Waals surface area (Å²) in [4.78, 5) is 27.6. The first-order valence-corrected chi connectivity index (χ1v) is 9.91. The van der Waals surface area contributed by atoms with E-state index in [4.69, 9.17) is 26.3 Å². The fourth-order valence-corrected chi connectivity index (χ4v) is 3.85. The molecule has 0 aliphatic rings. The highest BCUT2D eigenvalue weighted by molar-refractivity contribution is 6.31. The van der Waals surface area contributed by atoms with Crippen LogP contribution >= 0.6 is 11.6 Å². The lowest BCUT2D eigenvalue weighted by atomic mass is 10.2. The predicted molar refractivity (Wildman–Crippen MR) is 117 cm³/mol. The summed E-state index contributed by atoms with van der Waals surface area (Å²) in [5, 5.41) is 1.06. The Balaban J connectivity index is 1.79. The van der Waals surface area contributed by atoms with E-state index in [-0.39, 0.29) is 5.56 Å². The maximum atomic E-state index is 13.4. The van der Waals surface area contributed by atoms with E-state index in [1.165, 1.54) is 0 Å². The van der Waals surface area contributed by atoms with Gasteiger partial charge in [-0.1, -0.05) is 41.9 Å². The van der Waals surface area contributed by atoms with Crippen molar-refractivity contribution in [3.05, 3.63) is 75.8 Å². The number of hydrogen-bond donors (Lipinski definition) is 0. The van der Waals surface area contributed by atoms with Gasteiger partial charge in [0.25, 0.3) is 5.56 Å². The van der Waals surface area contributed by atoms with Crippen LogP contribution in [-0.2, 0) is 17.8 Å². The molecule has 0 aliphatic heterocycles. The van der Waals surface area contributed by atoms with Crippen molar-refractivity contribution in [1.29, 1.82) is 0 Å². The average molecular weight is 420 g/mol. The summed E-state index contributed by atoms with van der Waals surface area (Å²) >= 11 is 6.29. The topological polar surface area (TPSA) is 74.8 Å². The van der Waals surface area contributed by atoms with Gasteiger partial charge in [0, 0.05) is 18.7 Å². The number of ether oxygens (including phenoxy) is 1. The normalized spacial score (nSPS) is 11.7. The molecule has 0 bridgehead atoms.